The molecule has 0 aliphatic carbocycles. The quantitative estimate of drug-likeness (QED) is 0.541. The summed E-state index contributed by atoms with van der Waals surface area (Å²) in [5.74, 6) is -0.378. The van der Waals surface area contributed by atoms with Crippen LogP contribution in [-0.4, -0.2) is 66.0 Å². The molecule has 1 aliphatic rings. The first kappa shape index (κ1) is 22.7. The molecule has 172 valence electrons. The number of carbonyl (C=O) groups is 2. The molecule has 0 N–H and O–H groups in total. The van der Waals surface area contributed by atoms with Gasteiger partial charge in [0, 0.05) is 37.8 Å². The maximum atomic E-state index is 12.8. The third kappa shape index (κ3) is 5.14. The van der Waals surface area contributed by atoms with Gasteiger partial charge in [0.25, 0.3) is 11.8 Å². The molecular formula is C23H20ClF2N3O4. The molecular weight excluding hydrogens is 456 g/mol. The number of nitrogens with zero attached hydrogens (tertiary/aromatic N) is 3. The van der Waals surface area contributed by atoms with Crippen LogP contribution in [0.2, 0.25) is 5.02 Å². The van der Waals surface area contributed by atoms with Crippen molar-refractivity contribution in [2.24, 2.45) is 0 Å². The van der Waals surface area contributed by atoms with Gasteiger partial charge < -0.3 is 19.3 Å². The van der Waals surface area contributed by atoms with E-state index in [1.807, 2.05) is 6.07 Å². The fraction of sp³-hybridized carbons (Fsp3) is 0.261. The minimum atomic E-state index is -3.03. The highest BCUT2D eigenvalue weighted by molar-refractivity contribution is 6.35. The highest BCUT2D eigenvalue weighted by atomic mass is 35.5. The molecule has 2 amide bonds. The number of benzene rings is 2. The molecule has 7 nitrogen and oxygen atoms in total. The Morgan fingerprint density at radius 1 is 0.970 bits per heavy atom. The molecule has 0 radical (unpaired) electrons. The van der Waals surface area contributed by atoms with Gasteiger partial charge >= 0.3 is 6.61 Å². The number of fused-ring (bicyclic) bond motifs is 1. The van der Waals surface area contributed by atoms with Crippen LogP contribution < -0.4 is 9.47 Å². The zero-order valence-corrected chi connectivity index (χ0v) is 18.2. The fourth-order valence-electron chi connectivity index (χ4n) is 3.63. The Morgan fingerprint density at radius 2 is 1.70 bits per heavy atom. The summed E-state index contributed by atoms with van der Waals surface area (Å²) >= 11 is 6.18. The number of halogens is 3. The molecule has 3 aromatic rings. The van der Waals surface area contributed by atoms with E-state index in [0.29, 0.717) is 29.4 Å². The molecule has 0 atom stereocenters. The van der Waals surface area contributed by atoms with Crippen LogP contribution in [0.15, 0.2) is 54.7 Å². The summed E-state index contributed by atoms with van der Waals surface area (Å²) in [6, 6.07) is 12.8. The monoisotopic (exact) mass is 475 g/mol. The van der Waals surface area contributed by atoms with Crippen molar-refractivity contribution >= 4 is 34.3 Å². The van der Waals surface area contributed by atoms with Crippen LogP contribution in [0.1, 0.15) is 10.4 Å². The minimum Gasteiger partial charge on any atom is -0.481 e. The zero-order chi connectivity index (χ0) is 23.4. The number of pyridine rings is 1. The Hall–Kier alpha value is -3.46. The average molecular weight is 476 g/mol. The lowest BCUT2D eigenvalue weighted by atomic mass is 10.1. The van der Waals surface area contributed by atoms with Crippen molar-refractivity contribution in [2.45, 2.75) is 6.61 Å². The normalized spacial score (nSPS) is 13.9. The number of hydrogen-bond acceptors (Lipinski definition) is 5. The van der Waals surface area contributed by atoms with Gasteiger partial charge in [0.1, 0.15) is 17.0 Å². The third-order valence-electron chi connectivity index (χ3n) is 5.28. The van der Waals surface area contributed by atoms with Gasteiger partial charge in [-0.2, -0.15) is 8.78 Å². The number of aromatic nitrogens is 1. The van der Waals surface area contributed by atoms with E-state index in [0.717, 1.165) is 5.39 Å². The Morgan fingerprint density at radius 3 is 2.45 bits per heavy atom. The topological polar surface area (TPSA) is 72.0 Å². The van der Waals surface area contributed by atoms with E-state index in [4.69, 9.17) is 16.3 Å². The average Bonchev–Trinajstić information content (AvgIpc) is 2.83. The first-order valence-electron chi connectivity index (χ1n) is 10.2. The maximum Gasteiger partial charge on any atom is 0.387 e. The third-order valence-corrected chi connectivity index (χ3v) is 5.61. The molecule has 33 heavy (non-hydrogen) atoms. The van der Waals surface area contributed by atoms with Crippen LogP contribution in [-0.2, 0) is 4.79 Å². The van der Waals surface area contributed by atoms with Crippen molar-refractivity contribution in [3.05, 3.63) is 65.3 Å². The molecule has 2 heterocycles. The Kier molecular flexibility index (Phi) is 6.88. The van der Waals surface area contributed by atoms with Crippen molar-refractivity contribution in [2.75, 3.05) is 32.8 Å². The number of para-hydroxylation sites is 1. The summed E-state index contributed by atoms with van der Waals surface area (Å²) < 4.78 is 35.4. The van der Waals surface area contributed by atoms with Gasteiger partial charge in [0.15, 0.2) is 6.61 Å². The molecule has 0 saturated carbocycles. The first-order valence-corrected chi connectivity index (χ1v) is 10.6. The number of piperazine rings is 1. The highest BCUT2D eigenvalue weighted by Gasteiger charge is 2.27. The van der Waals surface area contributed by atoms with Crippen LogP contribution in [0.3, 0.4) is 0 Å². The summed E-state index contributed by atoms with van der Waals surface area (Å²) in [4.78, 5) is 32.8. The zero-order valence-electron chi connectivity index (χ0n) is 17.4. The van der Waals surface area contributed by atoms with Crippen LogP contribution in [0.5, 0.6) is 11.5 Å². The van der Waals surface area contributed by atoms with E-state index in [2.05, 4.69) is 9.72 Å². The lowest BCUT2D eigenvalue weighted by molar-refractivity contribution is -0.134. The standard InChI is InChI=1S/C23H20ClF2N3O4/c24-17-7-8-19(21-15(17)5-3-9-27-21)32-14-20(30)28-10-12-29(13-11-28)22(31)16-4-1-2-6-18(16)33-23(25)26/h1-9,23H,10-14H2. The van der Waals surface area contributed by atoms with Gasteiger partial charge in [-0.3, -0.25) is 14.6 Å². The predicted octanol–water partition coefficient (Wildman–Crippen LogP) is 3.85. The number of alkyl halides is 2. The summed E-state index contributed by atoms with van der Waals surface area (Å²) in [6.07, 6.45) is 1.62. The minimum absolute atomic E-state index is 0.0584. The Balaban J connectivity index is 1.35. The van der Waals surface area contributed by atoms with Gasteiger partial charge in [-0.1, -0.05) is 23.7 Å². The smallest absolute Gasteiger partial charge is 0.387 e. The predicted molar refractivity (Wildman–Crippen MR) is 118 cm³/mol. The van der Waals surface area contributed by atoms with Crippen LogP contribution >= 0.6 is 11.6 Å². The number of ether oxygens (including phenoxy) is 2. The second-order valence-electron chi connectivity index (χ2n) is 7.28. The molecule has 1 saturated heterocycles. The van der Waals surface area contributed by atoms with E-state index in [-0.39, 0.29) is 36.9 Å². The summed E-state index contributed by atoms with van der Waals surface area (Å²) in [5.41, 5.74) is 0.626. The molecule has 1 aromatic heterocycles. The van der Waals surface area contributed by atoms with Gasteiger partial charge in [-0.15, -0.1) is 0 Å². The summed E-state index contributed by atoms with van der Waals surface area (Å²) in [5, 5.41) is 1.27. The van der Waals surface area contributed by atoms with Crippen molar-refractivity contribution < 1.29 is 27.8 Å². The molecule has 2 aromatic carbocycles. The largest absolute Gasteiger partial charge is 0.481 e. The summed E-state index contributed by atoms with van der Waals surface area (Å²) in [7, 11) is 0. The van der Waals surface area contributed by atoms with E-state index < -0.39 is 12.5 Å². The Bertz CT molecular complexity index is 1170. The molecule has 0 bridgehead atoms. The van der Waals surface area contributed by atoms with Gasteiger partial charge in [-0.25, -0.2) is 0 Å². The molecule has 1 fully saturated rings. The van der Waals surface area contributed by atoms with Crippen molar-refractivity contribution in [1.29, 1.82) is 0 Å². The number of rotatable bonds is 6. The second kappa shape index (κ2) is 9.99. The second-order valence-corrected chi connectivity index (χ2v) is 7.69. The number of hydrogen-bond donors (Lipinski definition) is 0. The summed E-state index contributed by atoms with van der Waals surface area (Å²) in [6.45, 7) is -2.09. The lowest BCUT2D eigenvalue weighted by Crippen LogP contribution is -2.51. The van der Waals surface area contributed by atoms with E-state index in [1.165, 1.54) is 23.1 Å². The maximum absolute atomic E-state index is 12.8. The Labute approximate surface area is 193 Å². The van der Waals surface area contributed by atoms with Gasteiger partial charge in [0.2, 0.25) is 0 Å². The molecule has 0 unspecified atom stereocenters. The van der Waals surface area contributed by atoms with Crippen molar-refractivity contribution in [3.8, 4) is 11.5 Å². The molecule has 1 aliphatic heterocycles. The van der Waals surface area contributed by atoms with E-state index >= 15 is 0 Å². The molecule has 10 heteroatoms. The van der Waals surface area contributed by atoms with Crippen LogP contribution in [0.4, 0.5) is 8.78 Å². The van der Waals surface area contributed by atoms with E-state index in [1.54, 1.807) is 35.4 Å². The fourth-order valence-corrected chi connectivity index (χ4v) is 3.85. The molecule has 4 rings (SSSR count). The number of amides is 2. The van der Waals surface area contributed by atoms with E-state index in [9.17, 15) is 18.4 Å². The van der Waals surface area contributed by atoms with Crippen molar-refractivity contribution in [3.63, 3.8) is 0 Å². The SMILES string of the molecule is O=C(COc1ccc(Cl)c2cccnc12)N1CCN(C(=O)c2ccccc2OC(F)F)CC1. The van der Waals surface area contributed by atoms with Crippen LogP contribution in [0.25, 0.3) is 10.9 Å². The highest BCUT2D eigenvalue weighted by Crippen LogP contribution is 2.29. The van der Waals surface area contributed by atoms with Crippen LogP contribution in [0, 0.1) is 0 Å². The lowest BCUT2D eigenvalue weighted by Gasteiger charge is -2.35. The van der Waals surface area contributed by atoms with Crippen molar-refractivity contribution in [1.82, 2.24) is 14.8 Å². The first-order chi connectivity index (χ1) is 15.9. The molecule has 0 spiro atoms. The number of carbonyl (C=O) groups excluding carboxylic acids is 2. The van der Waals surface area contributed by atoms with Gasteiger partial charge in [-0.05, 0) is 36.4 Å². The van der Waals surface area contributed by atoms with Gasteiger partial charge in [0.05, 0.1) is 10.6 Å².